The van der Waals surface area contributed by atoms with E-state index in [2.05, 4.69) is 24.8 Å². The number of fused-ring (bicyclic) bond motifs is 1. The van der Waals surface area contributed by atoms with Crippen molar-refractivity contribution in [3.63, 3.8) is 0 Å². The molecule has 0 N–H and O–H groups in total. The van der Waals surface area contributed by atoms with Gasteiger partial charge in [0, 0.05) is 56.2 Å². The van der Waals surface area contributed by atoms with E-state index in [1.54, 1.807) is 11.8 Å². The molecule has 2 amide bonds. The Labute approximate surface area is 219 Å². The molecule has 200 valence electrons. The van der Waals surface area contributed by atoms with E-state index in [0.717, 1.165) is 54.9 Å². The lowest BCUT2D eigenvalue weighted by Crippen LogP contribution is -2.50. The number of methoxy groups -OCH3 is 1. The van der Waals surface area contributed by atoms with Gasteiger partial charge in [-0.2, -0.15) is 5.10 Å². The maximum Gasteiger partial charge on any atom is 0.274 e. The molecule has 2 saturated heterocycles. The van der Waals surface area contributed by atoms with Gasteiger partial charge in [-0.3, -0.25) is 14.3 Å². The quantitative estimate of drug-likeness (QED) is 0.617. The molecule has 9 heteroatoms. The lowest BCUT2D eigenvalue weighted by Gasteiger charge is -2.37. The van der Waals surface area contributed by atoms with Gasteiger partial charge < -0.3 is 24.2 Å². The molecule has 0 saturated carbocycles. The molecule has 2 aromatic rings. The van der Waals surface area contributed by atoms with E-state index in [-0.39, 0.29) is 30.6 Å². The average molecular weight is 510 g/mol. The number of benzene rings is 1. The Bertz CT molecular complexity index is 1170. The standard InChI is InChI=1S/C28H39N5O4/c1-18-15-32(16-19(2)37-18)28(35)27-22-7-6-8-24(22)33(29-27)17-26(34)31-13-11-30(12-14-31)23-9-10-25(36-5)21(4)20(23)3/h9-10,18-19H,6-8,11-17H2,1-5H3/t18-,19+. The van der Waals surface area contributed by atoms with Crippen LogP contribution >= 0.6 is 0 Å². The Morgan fingerprint density at radius 3 is 2.38 bits per heavy atom. The number of carbonyl (C=O) groups is 2. The number of piperazine rings is 1. The number of rotatable bonds is 5. The molecule has 2 aliphatic heterocycles. The zero-order valence-electron chi connectivity index (χ0n) is 22.7. The van der Waals surface area contributed by atoms with Crippen molar-refractivity contribution in [3.8, 4) is 5.75 Å². The summed E-state index contributed by atoms with van der Waals surface area (Å²) in [6.45, 7) is 12.4. The van der Waals surface area contributed by atoms with Crippen molar-refractivity contribution in [2.45, 2.75) is 65.7 Å². The molecule has 5 rings (SSSR count). The second-order valence-corrected chi connectivity index (χ2v) is 10.7. The predicted molar refractivity (Wildman–Crippen MR) is 141 cm³/mol. The largest absolute Gasteiger partial charge is 0.496 e. The third kappa shape index (κ3) is 4.93. The van der Waals surface area contributed by atoms with E-state index in [0.29, 0.717) is 31.9 Å². The lowest BCUT2D eigenvalue weighted by molar-refractivity contribution is -0.132. The van der Waals surface area contributed by atoms with Crippen LogP contribution in [0.2, 0.25) is 0 Å². The van der Waals surface area contributed by atoms with Crippen molar-refractivity contribution in [1.29, 1.82) is 0 Å². The Kier molecular flexibility index (Phi) is 7.16. The van der Waals surface area contributed by atoms with E-state index < -0.39 is 0 Å². The second-order valence-electron chi connectivity index (χ2n) is 10.7. The van der Waals surface area contributed by atoms with Gasteiger partial charge in [0.05, 0.1) is 19.3 Å². The molecule has 3 heterocycles. The van der Waals surface area contributed by atoms with Gasteiger partial charge in [0.2, 0.25) is 5.91 Å². The minimum atomic E-state index is -0.0369. The normalized spacial score (nSPS) is 21.8. The summed E-state index contributed by atoms with van der Waals surface area (Å²) in [7, 11) is 1.70. The number of amides is 2. The van der Waals surface area contributed by atoms with Crippen LogP contribution in [0.25, 0.3) is 0 Å². The molecule has 0 bridgehead atoms. The van der Waals surface area contributed by atoms with Crippen LogP contribution in [0.3, 0.4) is 0 Å². The molecule has 3 aliphatic rings. The fourth-order valence-electron chi connectivity index (χ4n) is 6.08. The average Bonchev–Trinajstić information content (AvgIpc) is 3.49. The number of ether oxygens (including phenoxy) is 2. The highest BCUT2D eigenvalue weighted by Crippen LogP contribution is 2.31. The third-order valence-corrected chi connectivity index (χ3v) is 8.10. The molecular weight excluding hydrogens is 470 g/mol. The molecule has 2 atom stereocenters. The van der Waals surface area contributed by atoms with Gasteiger partial charge >= 0.3 is 0 Å². The first-order valence-corrected chi connectivity index (χ1v) is 13.5. The molecule has 0 unspecified atom stereocenters. The minimum absolute atomic E-state index is 0.00805. The topological polar surface area (TPSA) is 80.1 Å². The van der Waals surface area contributed by atoms with Crippen molar-refractivity contribution in [2.24, 2.45) is 0 Å². The highest BCUT2D eigenvalue weighted by molar-refractivity contribution is 5.94. The van der Waals surface area contributed by atoms with Crippen molar-refractivity contribution < 1.29 is 19.1 Å². The first kappa shape index (κ1) is 25.6. The van der Waals surface area contributed by atoms with E-state index in [9.17, 15) is 9.59 Å². The van der Waals surface area contributed by atoms with Crippen molar-refractivity contribution >= 4 is 17.5 Å². The maximum atomic E-state index is 13.4. The molecule has 0 spiro atoms. The Balaban J connectivity index is 1.25. The lowest BCUT2D eigenvalue weighted by atomic mass is 10.1. The highest BCUT2D eigenvalue weighted by atomic mass is 16.5. The summed E-state index contributed by atoms with van der Waals surface area (Å²) in [4.78, 5) is 32.8. The monoisotopic (exact) mass is 509 g/mol. The smallest absolute Gasteiger partial charge is 0.274 e. The number of hydrogen-bond donors (Lipinski definition) is 0. The second kappa shape index (κ2) is 10.4. The summed E-state index contributed by atoms with van der Waals surface area (Å²) in [6, 6.07) is 4.13. The number of anilines is 1. The number of carbonyl (C=O) groups excluding carboxylic acids is 2. The molecule has 1 aromatic heterocycles. The molecule has 37 heavy (non-hydrogen) atoms. The summed E-state index contributed by atoms with van der Waals surface area (Å²) in [5.41, 5.74) is 6.17. The fraction of sp³-hybridized carbons (Fsp3) is 0.607. The number of aromatic nitrogens is 2. The predicted octanol–water partition coefficient (Wildman–Crippen LogP) is 2.60. The van der Waals surface area contributed by atoms with Crippen LogP contribution in [0.1, 0.15) is 53.1 Å². The van der Waals surface area contributed by atoms with Gasteiger partial charge in [-0.05, 0) is 70.2 Å². The summed E-state index contributed by atoms with van der Waals surface area (Å²) < 4.78 is 13.1. The van der Waals surface area contributed by atoms with Crippen LogP contribution in [0.15, 0.2) is 12.1 Å². The molecule has 1 aliphatic carbocycles. The summed E-state index contributed by atoms with van der Waals surface area (Å²) in [5.74, 6) is 0.925. The first-order chi connectivity index (χ1) is 17.8. The van der Waals surface area contributed by atoms with Crippen LogP contribution < -0.4 is 9.64 Å². The molecule has 1 aromatic carbocycles. The Morgan fingerprint density at radius 1 is 1.00 bits per heavy atom. The summed E-state index contributed by atoms with van der Waals surface area (Å²) in [5, 5.41) is 4.71. The van der Waals surface area contributed by atoms with Crippen LogP contribution in [0.5, 0.6) is 5.75 Å². The zero-order chi connectivity index (χ0) is 26.3. The SMILES string of the molecule is COc1ccc(N2CCN(C(=O)Cn3nc(C(=O)N4C[C@@H](C)O[C@@H](C)C4)c4c3CCC4)CC2)c(C)c1C. The van der Waals surface area contributed by atoms with Gasteiger partial charge in [-0.15, -0.1) is 0 Å². The number of hydrogen-bond acceptors (Lipinski definition) is 6. The van der Waals surface area contributed by atoms with Gasteiger partial charge in [-0.25, -0.2) is 0 Å². The maximum absolute atomic E-state index is 13.4. The Morgan fingerprint density at radius 2 is 1.70 bits per heavy atom. The van der Waals surface area contributed by atoms with Gasteiger partial charge in [0.1, 0.15) is 12.3 Å². The molecular formula is C28H39N5O4. The Hall–Kier alpha value is -3.07. The van der Waals surface area contributed by atoms with Gasteiger partial charge in [0.15, 0.2) is 5.69 Å². The fourth-order valence-corrected chi connectivity index (χ4v) is 6.08. The first-order valence-electron chi connectivity index (χ1n) is 13.5. The van der Waals surface area contributed by atoms with Gasteiger partial charge in [-0.1, -0.05) is 0 Å². The van der Waals surface area contributed by atoms with Crippen LogP contribution in [-0.2, 0) is 28.9 Å². The van der Waals surface area contributed by atoms with E-state index in [1.165, 1.54) is 11.3 Å². The summed E-state index contributed by atoms with van der Waals surface area (Å²) >= 11 is 0. The molecule has 9 nitrogen and oxygen atoms in total. The number of morpholine rings is 1. The minimum Gasteiger partial charge on any atom is -0.496 e. The summed E-state index contributed by atoms with van der Waals surface area (Å²) in [6.07, 6.45) is 2.72. The van der Waals surface area contributed by atoms with E-state index in [1.807, 2.05) is 29.7 Å². The highest BCUT2D eigenvalue weighted by Gasteiger charge is 2.33. The number of nitrogens with zero attached hydrogens (tertiary/aromatic N) is 5. The van der Waals surface area contributed by atoms with Gasteiger partial charge in [0.25, 0.3) is 5.91 Å². The zero-order valence-corrected chi connectivity index (χ0v) is 22.7. The van der Waals surface area contributed by atoms with Crippen molar-refractivity contribution in [3.05, 3.63) is 40.2 Å². The van der Waals surface area contributed by atoms with Crippen LogP contribution in [0, 0.1) is 13.8 Å². The van der Waals surface area contributed by atoms with Crippen LogP contribution in [0.4, 0.5) is 5.69 Å². The van der Waals surface area contributed by atoms with Crippen molar-refractivity contribution in [1.82, 2.24) is 19.6 Å². The van der Waals surface area contributed by atoms with E-state index >= 15 is 0 Å². The third-order valence-electron chi connectivity index (χ3n) is 8.10. The van der Waals surface area contributed by atoms with E-state index in [4.69, 9.17) is 14.6 Å². The van der Waals surface area contributed by atoms with Crippen LogP contribution in [-0.4, -0.2) is 90.0 Å². The molecule has 2 fully saturated rings. The van der Waals surface area contributed by atoms with Crippen molar-refractivity contribution in [2.75, 3.05) is 51.3 Å². The molecule has 0 radical (unpaired) electrons.